The molecule has 0 radical (unpaired) electrons. The molecule has 0 saturated carbocycles. The first-order chi connectivity index (χ1) is 11.2. The molecule has 1 aromatic carbocycles. The number of nitrogens with zero attached hydrogens (tertiary/aromatic N) is 1. The van der Waals surface area contributed by atoms with E-state index in [0.717, 1.165) is 5.06 Å². The number of alkyl halides is 3. The van der Waals surface area contributed by atoms with Crippen LogP contribution >= 0.6 is 0 Å². The Labute approximate surface area is 136 Å². The zero-order valence-electron chi connectivity index (χ0n) is 13.3. The summed E-state index contributed by atoms with van der Waals surface area (Å²) >= 11 is 0. The van der Waals surface area contributed by atoms with Crippen LogP contribution in [0.15, 0.2) is 24.3 Å². The average Bonchev–Trinajstić information content (AvgIpc) is 2.79. The molecule has 0 spiro atoms. The predicted octanol–water partition coefficient (Wildman–Crippen LogP) is 2.04. The molecule has 0 unspecified atom stereocenters. The maximum atomic E-state index is 13.3. The first-order valence-electron chi connectivity index (χ1n) is 7.17. The fraction of sp³-hybridized carbons (Fsp3) is 0.533. The van der Waals surface area contributed by atoms with Gasteiger partial charge in [-0.05, 0) is 24.6 Å². The Hall–Kier alpha value is -1.84. The number of halogens is 3. The van der Waals surface area contributed by atoms with Gasteiger partial charge in [0.1, 0.15) is 11.7 Å². The van der Waals surface area contributed by atoms with Crippen LogP contribution in [0.1, 0.15) is 18.5 Å². The molecule has 0 aromatic heterocycles. The molecular formula is C15H18F3NO5. The fourth-order valence-electron chi connectivity index (χ4n) is 2.71. The van der Waals surface area contributed by atoms with E-state index < -0.39 is 29.9 Å². The van der Waals surface area contributed by atoms with Gasteiger partial charge in [0.25, 0.3) is 5.79 Å². The minimum Gasteiger partial charge on any atom is -0.497 e. The molecule has 3 atom stereocenters. The highest BCUT2D eigenvalue weighted by Gasteiger charge is 2.71. The second-order valence-corrected chi connectivity index (χ2v) is 5.28. The highest BCUT2D eigenvalue weighted by Crippen LogP contribution is 2.51. The summed E-state index contributed by atoms with van der Waals surface area (Å²) < 4.78 is 49.8. The zero-order valence-corrected chi connectivity index (χ0v) is 13.3. The monoisotopic (exact) mass is 349 g/mol. The number of ether oxygens (including phenoxy) is 2. The van der Waals surface area contributed by atoms with Crippen LogP contribution < -0.4 is 4.74 Å². The molecule has 0 bridgehead atoms. The summed E-state index contributed by atoms with van der Waals surface area (Å²) in [5.74, 6) is -6.35. The van der Waals surface area contributed by atoms with Crippen LogP contribution in [0.25, 0.3) is 0 Å². The Morgan fingerprint density at radius 3 is 2.42 bits per heavy atom. The maximum Gasteiger partial charge on any atom is 0.445 e. The Morgan fingerprint density at radius 1 is 1.38 bits per heavy atom. The molecule has 24 heavy (non-hydrogen) atoms. The molecule has 1 heterocycles. The lowest BCUT2D eigenvalue weighted by Gasteiger charge is -2.29. The van der Waals surface area contributed by atoms with Crippen LogP contribution in [0.2, 0.25) is 0 Å². The largest absolute Gasteiger partial charge is 0.497 e. The van der Waals surface area contributed by atoms with E-state index in [1.807, 2.05) is 0 Å². The highest BCUT2D eigenvalue weighted by atomic mass is 19.4. The van der Waals surface area contributed by atoms with Crippen molar-refractivity contribution in [1.29, 1.82) is 0 Å². The van der Waals surface area contributed by atoms with Gasteiger partial charge in [0.05, 0.1) is 19.8 Å². The molecule has 1 saturated heterocycles. The minimum atomic E-state index is -5.18. The lowest BCUT2D eigenvalue weighted by molar-refractivity contribution is -0.400. The van der Waals surface area contributed by atoms with Gasteiger partial charge in [-0.3, -0.25) is 9.63 Å². The fourth-order valence-corrected chi connectivity index (χ4v) is 2.71. The number of hydroxylamine groups is 2. The summed E-state index contributed by atoms with van der Waals surface area (Å²) in [6.07, 6.45) is -5.18. The molecule has 6 nitrogen and oxygen atoms in total. The van der Waals surface area contributed by atoms with Crippen molar-refractivity contribution in [3.05, 3.63) is 29.8 Å². The van der Waals surface area contributed by atoms with Crippen molar-refractivity contribution in [3.8, 4) is 5.75 Å². The summed E-state index contributed by atoms with van der Waals surface area (Å²) in [5.41, 5.74) is 0.344. The van der Waals surface area contributed by atoms with Gasteiger partial charge in [-0.25, -0.2) is 0 Å². The molecule has 1 fully saturated rings. The third-order valence-corrected chi connectivity index (χ3v) is 3.82. The Kier molecular flexibility index (Phi) is 5.07. The number of methoxy groups -OCH3 is 1. The number of rotatable bonds is 4. The van der Waals surface area contributed by atoms with Gasteiger partial charge < -0.3 is 14.6 Å². The second kappa shape index (κ2) is 6.58. The number of benzene rings is 1. The second-order valence-electron chi connectivity index (χ2n) is 5.28. The standard InChI is InChI=1S/C15H18F3NO5/c1-4-23-13(20)11-12(9-5-7-10(22-3)8-6-9)19(2)24-14(11,21)15(16,17)18/h5-8,11-12,21H,4H2,1-3H3/t11-,12+,14-/m1/s1. The molecular weight excluding hydrogens is 331 g/mol. The molecule has 2 rings (SSSR count). The molecule has 1 aromatic rings. The highest BCUT2D eigenvalue weighted by molar-refractivity contribution is 5.75. The van der Waals surface area contributed by atoms with E-state index in [0.29, 0.717) is 11.3 Å². The van der Waals surface area contributed by atoms with Gasteiger partial charge in [-0.2, -0.15) is 18.2 Å². The number of esters is 1. The Morgan fingerprint density at radius 2 is 1.96 bits per heavy atom. The van der Waals surface area contributed by atoms with Crippen molar-refractivity contribution in [1.82, 2.24) is 5.06 Å². The van der Waals surface area contributed by atoms with E-state index in [-0.39, 0.29) is 6.61 Å². The van der Waals surface area contributed by atoms with Gasteiger partial charge in [0, 0.05) is 7.05 Å². The lowest BCUT2D eigenvalue weighted by Crippen LogP contribution is -2.53. The Balaban J connectivity index is 2.48. The van der Waals surface area contributed by atoms with Crippen molar-refractivity contribution in [3.63, 3.8) is 0 Å². The van der Waals surface area contributed by atoms with Crippen LogP contribution in [0.4, 0.5) is 13.2 Å². The normalized spacial score (nSPS) is 28.0. The number of hydrogen-bond acceptors (Lipinski definition) is 6. The van der Waals surface area contributed by atoms with Crippen molar-refractivity contribution < 1.29 is 37.4 Å². The maximum absolute atomic E-state index is 13.3. The molecule has 0 amide bonds. The number of hydrogen-bond donors (Lipinski definition) is 1. The van der Waals surface area contributed by atoms with Crippen molar-refractivity contribution in [2.45, 2.75) is 24.9 Å². The van der Waals surface area contributed by atoms with Gasteiger partial charge in [0.2, 0.25) is 0 Å². The quantitative estimate of drug-likeness (QED) is 0.839. The van der Waals surface area contributed by atoms with E-state index in [1.165, 1.54) is 45.3 Å². The third-order valence-electron chi connectivity index (χ3n) is 3.82. The van der Waals surface area contributed by atoms with Crippen LogP contribution in [0.5, 0.6) is 5.75 Å². The number of aliphatic hydroxyl groups is 1. The summed E-state index contributed by atoms with van der Waals surface area (Å²) in [6.45, 7) is 1.34. The SMILES string of the molecule is CCOC(=O)[C@H]1[C@H](c2ccc(OC)cc2)N(C)O[C@@]1(O)C(F)(F)F. The third kappa shape index (κ3) is 3.06. The van der Waals surface area contributed by atoms with Gasteiger partial charge >= 0.3 is 12.1 Å². The summed E-state index contributed by atoms with van der Waals surface area (Å²) in [7, 11) is 2.66. The van der Waals surface area contributed by atoms with E-state index >= 15 is 0 Å². The Bertz CT molecular complexity index is 592. The van der Waals surface area contributed by atoms with E-state index in [9.17, 15) is 23.1 Å². The van der Waals surface area contributed by atoms with Crippen LogP contribution in [0.3, 0.4) is 0 Å². The van der Waals surface area contributed by atoms with E-state index in [2.05, 4.69) is 4.84 Å². The summed E-state index contributed by atoms with van der Waals surface area (Å²) in [5, 5.41) is 10.9. The molecule has 0 aliphatic carbocycles. The number of carbonyl (C=O) groups excluding carboxylic acids is 1. The first-order valence-corrected chi connectivity index (χ1v) is 7.17. The van der Waals surface area contributed by atoms with Crippen molar-refractivity contribution in [2.75, 3.05) is 20.8 Å². The molecule has 1 aliphatic heterocycles. The van der Waals surface area contributed by atoms with Gasteiger partial charge in [0.15, 0.2) is 0 Å². The topological polar surface area (TPSA) is 68.2 Å². The van der Waals surface area contributed by atoms with Gasteiger partial charge in [-0.15, -0.1) is 0 Å². The first kappa shape index (κ1) is 18.5. The van der Waals surface area contributed by atoms with Crippen LogP contribution in [-0.4, -0.2) is 48.9 Å². The molecule has 1 aliphatic rings. The lowest BCUT2D eigenvalue weighted by atomic mass is 9.87. The van der Waals surface area contributed by atoms with Crippen molar-refractivity contribution >= 4 is 5.97 Å². The van der Waals surface area contributed by atoms with Gasteiger partial charge in [-0.1, -0.05) is 12.1 Å². The molecule has 9 heteroatoms. The van der Waals surface area contributed by atoms with Crippen molar-refractivity contribution in [2.24, 2.45) is 5.92 Å². The minimum absolute atomic E-state index is 0.123. The molecule has 1 N–H and O–H groups in total. The average molecular weight is 349 g/mol. The van der Waals surface area contributed by atoms with Crippen LogP contribution in [-0.2, 0) is 14.4 Å². The van der Waals surface area contributed by atoms with E-state index in [4.69, 9.17) is 9.47 Å². The smallest absolute Gasteiger partial charge is 0.445 e. The summed E-state index contributed by atoms with van der Waals surface area (Å²) in [6, 6.07) is 4.89. The number of carbonyl (C=O) groups is 1. The molecule has 134 valence electrons. The van der Waals surface area contributed by atoms with Crippen LogP contribution in [0, 0.1) is 5.92 Å². The van der Waals surface area contributed by atoms with E-state index in [1.54, 1.807) is 0 Å². The zero-order chi connectivity index (χ0) is 18.1. The predicted molar refractivity (Wildman–Crippen MR) is 75.7 cm³/mol. The summed E-state index contributed by atoms with van der Waals surface area (Å²) in [4.78, 5) is 16.8.